The molecule has 0 bridgehead atoms. The summed E-state index contributed by atoms with van der Waals surface area (Å²) in [5.74, 6) is -0.474. The third-order valence-corrected chi connectivity index (χ3v) is 5.93. The molecule has 1 aromatic rings. The third-order valence-electron chi connectivity index (χ3n) is 3.76. The number of alkyl halides is 1. The summed E-state index contributed by atoms with van der Waals surface area (Å²) in [4.78, 5) is 2.23. The molecule has 0 atom stereocenters. The number of aryl methyl sites for hydroxylation is 1. The lowest BCUT2D eigenvalue weighted by molar-refractivity contribution is 0.347. The molecule has 21 heavy (non-hydrogen) atoms. The molecule has 1 aliphatic rings. The van der Waals surface area contributed by atoms with Gasteiger partial charge >= 0.3 is 0 Å². The molecule has 0 unspecified atom stereocenters. The standard InChI is InChI=1S/C14H20ClFN2O2S/c1-11-8-13(9-12(10-15)14(11)16)21(19,20)18-5-3-4-17(2)6-7-18/h8-9H,3-7,10H2,1-2H3. The van der Waals surface area contributed by atoms with Gasteiger partial charge in [-0.2, -0.15) is 4.31 Å². The van der Waals surface area contributed by atoms with E-state index in [0.29, 0.717) is 25.2 Å². The van der Waals surface area contributed by atoms with Gasteiger partial charge in [-0.15, -0.1) is 11.6 Å². The predicted molar refractivity (Wildman–Crippen MR) is 81.6 cm³/mol. The normalized spacial score (nSPS) is 18.7. The Morgan fingerprint density at radius 3 is 2.62 bits per heavy atom. The summed E-state index contributed by atoms with van der Waals surface area (Å²) in [5, 5.41) is 0. The van der Waals surface area contributed by atoms with E-state index in [1.807, 2.05) is 7.05 Å². The van der Waals surface area contributed by atoms with Crippen molar-refractivity contribution in [3.05, 3.63) is 29.1 Å². The second-order valence-electron chi connectivity index (χ2n) is 5.41. The molecule has 1 saturated heterocycles. The van der Waals surface area contributed by atoms with Gasteiger partial charge in [0.05, 0.1) is 10.8 Å². The molecule has 2 rings (SSSR count). The number of hydrogen-bond donors (Lipinski definition) is 0. The van der Waals surface area contributed by atoms with Gasteiger partial charge in [-0.1, -0.05) is 0 Å². The van der Waals surface area contributed by atoms with Crippen LogP contribution in [0.2, 0.25) is 0 Å². The smallest absolute Gasteiger partial charge is 0.243 e. The first-order chi connectivity index (χ1) is 9.86. The summed E-state index contributed by atoms with van der Waals surface area (Å²) in [5.41, 5.74) is 0.529. The molecule has 1 heterocycles. The van der Waals surface area contributed by atoms with Crippen LogP contribution in [-0.4, -0.2) is 50.8 Å². The highest BCUT2D eigenvalue weighted by Gasteiger charge is 2.27. The van der Waals surface area contributed by atoms with Crippen LogP contribution in [0.15, 0.2) is 17.0 Å². The van der Waals surface area contributed by atoms with E-state index in [0.717, 1.165) is 13.0 Å². The first-order valence-corrected chi connectivity index (χ1v) is 8.87. The van der Waals surface area contributed by atoms with Crippen LogP contribution in [0.1, 0.15) is 17.5 Å². The fraction of sp³-hybridized carbons (Fsp3) is 0.571. The van der Waals surface area contributed by atoms with Crippen molar-refractivity contribution in [1.82, 2.24) is 9.21 Å². The SMILES string of the molecule is Cc1cc(S(=O)(=O)N2CCCN(C)CC2)cc(CCl)c1F. The van der Waals surface area contributed by atoms with Crippen LogP contribution in [0.25, 0.3) is 0 Å². The highest BCUT2D eigenvalue weighted by Crippen LogP contribution is 2.24. The van der Waals surface area contributed by atoms with Gasteiger partial charge in [-0.25, -0.2) is 12.8 Å². The quantitative estimate of drug-likeness (QED) is 0.796. The van der Waals surface area contributed by atoms with Crippen LogP contribution in [0.3, 0.4) is 0 Å². The number of likely N-dealkylation sites (N-methyl/N-ethyl adjacent to an activating group) is 1. The Morgan fingerprint density at radius 2 is 1.95 bits per heavy atom. The van der Waals surface area contributed by atoms with Crippen molar-refractivity contribution in [3.63, 3.8) is 0 Å². The van der Waals surface area contributed by atoms with Gasteiger partial charge in [0.15, 0.2) is 0 Å². The summed E-state index contributed by atoms with van der Waals surface area (Å²) in [7, 11) is -1.62. The zero-order valence-electron chi connectivity index (χ0n) is 12.3. The molecular formula is C14H20ClFN2O2S. The topological polar surface area (TPSA) is 40.6 Å². The van der Waals surface area contributed by atoms with Crippen molar-refractivity contribution in [2.45, 2.75) is 24.1 Å². The van der Waals surface area contributed by atoms with Crippen LogP contribution in [0, 0.1) is 12.7 Å². The minimum absolute atomic E-state index is 0.0429. The largest absolute Gasteiger partial charge is 0.305 e. The molecule has 4 nitrogen and oxygen atoms in total. The molecule has 1 fully saturated rings. The number of halogens is 2. The number of rotatable bonds is 3. The fourth-order valence-corrected chi connectivity index (χ4v) is 4.27. The van der Waals surface area contributed by atoms with Crippen molar-refractivity contribution in [1.29, 1.82) is 0 Å². The van der Waals surface area contributed by atoms with Gasteiger partial charge < -0.3 is 4.90 Å². The van der Waals surface area contributed by atoms with E-state index < -0.39 is 15.8 Å². The highest BCUT2D eigenvalue weighted by molar-refractivity contribution is 7.89. The molecule has 0 N–H and O–H groups in total. The zero-order chi connectivity index (χ0) is 15.6. The monoisotopic (exact) mass is 334 g/mol. The number of hydrogen-bond acceptors (Lipinski definition) is 3. The predicted octanol–water partition coefficient (Wildman–Crippen LogP) is 2.20. The minimum atomic E-state index is -3.60. The first-order valence-electron chi connectivity index (χ1n) is 6.90. The Hall–Kier alpha value is -0.690. The van der Waals surface area contributed by atoms with Crippen LogP contribution in [0.4, 0.5) is 4.39 Å². The fourth-order valence-electron chi connectivity index (χ4n) is 2.47. The van der Waals surface area contributed by atoms with Crippen LogP contribution in [0.5, 0.6) is 0 Å². The number of nitrogens with zero attached hydrogens (tertiary/aromatic N) is 2. The second kappa shape index (κ2) is 6.60. The van der Waals surface area contributed by atoms with Crippen LogP contribution >= 0.6 is 11.6 Å². The molecule has 0 saturated carbocycles. The van der Waals surface area contributed by atoms with Crippen molar-refractivity contribution in [2.24, 2.45) is 0 Å². The van der Waals surface area contributed by atoms with Gasteiger partial charge in [-0.05, 0) is 44.6 Å². The van der Waals surface area contributed by atoms with Crippen LogP contribution < -0.4 is 0 Å². The highest BCUT2D eigenvalue weighted by atomic mass is 35.5. The maximum Gasteiger partial charge on any atom is 0.243 e. The molecule has 1 aromatic carbocycles. The average molecular weight is 335 g/mol. The minimum Gasteiger partial charge on any atom is -0.305 e. The van der Waals surface area contributed by atoms with E-state index in [1.165, 1.54) is 16.4 Å². The summed E-state index contributed by atoms with van der Waals surface area (Å²) in [6, 6.07) is 2.73. The molecule has 0 spiro atoms. The number of benzene rings is 1. The maximum atomic E-state index is 13.8. The van der Waals surface area contributed by atoms with E-state index in [4.69, 9.17) is 11.6 Å². The molecule has 1 aliphatic heterocycles. The van der Waals surface area contributed by atoms with E-state index >= 15 is 0 Å². The van der Waals surface area contributed by atoms with E-state index in [9.17, 15) is 12.8 Å². The lowest BCUT2D eigenvalue weighted by atomic mass is 10.1. The van der Waals surface area contributed by atoms with Gasteiger partial charge in [0.25, 0.3) is 0 Å². The van der Waals surface area contributed by atoms with Gasteiger partial charge in [0.1, 0.15) is 5.82 Å². The number of sulfonamides is 1. The van der Waals surface area contributed by atoms with Gasteiger partial charge in [0, 0.05) is 25.2 Å². The summed E-state index contributed by atoms with van der Waals surface area (Å²) in [6.07, 6.45) is 0.790. The van der Waals surface area contributed by atoms with E-state index in [-0.39, 0.29) is 16.3 Å². The Balaban J connectivity index is 2.37. The Morgan fingerprint density at radius 1 is 1.24 bits per heavy atom. The molecule has 0 aromatic heterocycles. The Kier molecular flexibility index (Phi) is 5.24. The van der Waals surface area contributed by atoms with Crippen molar-refractivity contribution in [2.75, 3.05) is 33.2 Å². The zero-order valence-corrected chi connectivity index (χ0v) is 13.8. The Bertz CT molecular complexity index is 622. The second-order valence-corrected chi connectivity index (χ2v) is 7.61. The molecule has 0 aliphatic carbocycles. The maximum absolute atomic E-state index is 13.8. The van der Waals surface area contributed by atoms with Gasteiger partial charge in [-0.3, -0.25) is 0 Å². The molecule has 0 radical (unpaired) electrons. The average Bonchev–Trinajstić information content (AvgIpc) is 2.66. The molecule has 0 amide bonds. The Labute approximate surface area is 130 Å². The first kappa shape index (κ1) is 16.7. The molecular weight excluding hydrogens is 315 g/mol. The van der Waals surface area contributed by atoms with Gasteiger partial charge in [0.2, 0.25) is 10.0 Å². The van der Waals surface area contributed by atoms with Crippen molar-refractivity contribution >= 4 is 21.6 Å². The van der Waals surface area contributed by atoms with E-state index in [2.05, 4.69) is 4.90 Å². The summed E-state index contributed by atoms with van der Waals surface area (Å²) in [6.45, 7) is 4.06. The third kappa shape index (κ3) is 3.56. The lowest BCUT2D eigenvalue weighted by Crippen LogP contribution is -2.34. The molecule has 118 valence electrons. The lowest BCUT2D eigenvalue weighted by Gasteiger charge is -2.21. The molecule has 7 heteroatoms. The van der Waals surface area contributed by atoms with Crippen molar-refractivity contribution < 1.29 is 12.8 Å². The summed E-state index contributed by atoms with van der Waals surface area (Å²) < 4.78 is 40.7. The van der Waals surface area contributed by atoms with Crippen molar-refractivity contribution in [3.8, 4) is 0 Å². The van der Waals surface area contributed by atoms with Crippen LogP contribution in [-0.2, 0) is 15.9 Å². The summed E-state index contributed by atoms with van der Waals surface area (Å²) >= 11 is 5.70. The van der Waals surface area contributed by atoms with E-state index in [1.54, 1.807) is 6.92 Å².